The Hall–Kier alpha value is -2.08. The van der Waals surface area contributed by atoms with E-state index in [1.54, 1.807) is 17.4 Å². The molecular weight excluding hydrogens is 334 g/mol. The number of carbonyl (C=O) groups is 2. The van der Waals surface area contributed by atoms with E-state index in [1.807, 2.05) is 36.4 Å². The van der Waals surface area contributed by atoms with Gasteiger partial charge in [-0.3, -0.25) is 9.59 Å². The smallest absolute Gasteiger partial charge is 0.268 e. The monoisotopic (exact) mass is 359 g/mol. The largest absolute Gasteiger partial charge is 0.344 e. The summed E-state index contributed by atoms with van der Waals surface area (Å²) in [6.45, 7) is 5.37. The highest BCUT2D eigenvalue weighted by Crippen LogP contribution is 2.24. The Morgan fingerprint density at radius 2 is 2.12 bits per heavy atom. The van der Waals surface area contributed by atoms with Gasteiger partial charge in [0.1, 0.15) is 11.7 Å². The van der Waals surface area contributed by atoms with Crippen LogP contribution in [0.3, 0.4) is 0 Å². The molecule has 1 N–H and O–H groups in total. The first kappa shape index (κ1) is 17.7. The molecule has 2 aromatic heterocycles. The van der Waals surface area contributed by atoms with E-state index in [0.717, 1.165) is 25.1 Å². The molecule has 0 aliphatic carbocycles. The maximum atomic E-state index is 13.0. The lowest BCUT2D eigenvalue weighted by Crippen LogP contribution is -2.49. The molecular formula is C19H25N3O2S. The third-order valence-corrected chi connectivity index (χ3v) is 5.93. The minimum absolute atomic E-state index is 0.0259. The van der Waals surface area contributed by atoms with Gasteiger partial charge < -0.3 is 14.8 Å². The Morgan fingerprint density at radius 1 is 1.32 bits per heavy atom. The third-order valence-electron chi connectivity index (χ3n) is 4.91. The molecule has 6 heteroatoms. The highest BCUT2D eigenvalue weighted by molar-refractivity contribution is 7.10. The molecule has 0 saturated heterocycles. The van der Waals surface area contributed by atoms with Crippen molar-refractivity contribution in [3.05, 3.63) is 45.4 Å². The summed E-state index contributed by atoms with van der Waals surface area (Å²) in [4.78, 5) is 28.8. The van der Waals surface area contributed by atoms with Crippen LogP contribution in [0.25, 0.3) is 0 Å². The van der Waals surface area contributed by atoms with Crippen LogP contribution in [0.2, 0.25) is 0 Å². The molecule has 0 saturated carbocycles. The fourth-order valence-electron chi connectivity index (χ4n) is 3.28. The van der Waals surface area contributed by atoms with Crippen LogP contribution in [0.15, 0.2) is 23.6 Å². The lowest BCUT2D eigenvalue weighted by Gasteiger charge is -2.31. The highest BCUT2D eigenvalue weighted by atomic mass is 32.1. The predicted octanol–water partition coefficient (Wildman–Crippen LogP) is 2.88. The molecule has 0 fully saturated rings. The van der Waals surface area contributed by atoms with Gasteiger partial charge in [0.2, 0.25) is 5.91 Å². The minimum atomic E-state index is -0.465. The van der Waals surface area contributed by atoms with E-state index in [0.29, 0.717) is 18.7 Å². The van der Waals surface area contributed by atoms with Crippen LogP contribution >= 0.6 is 11.3 Å². The molecule has 134 valence electrons. The second-order valence-corrected chi connectivity index (χ2v) is 7.61. The fraction of sp³-hybridized carbons (Fsp3) is 0.474. The van der Waals surface area contributed by atoms with Gasteiger partial charge in [-0.1, -0.05) is 13.3 Å². The van der Waals surface area contributed by atoms with Crippen LogP contribution in [0.4, 0.5) is 0 Å². The van der Waals surface area contributed by atoms with Crippen molar-refractivity contribution in [3.63, 3.8) is 0 Å². The number of thiophene rings is 1. The van der Waals surface area contributed by atoms with E-state index in [1.165, 1.54) is 10.4 Å². The molecule has 1 aliphatic heterocycles. The van der Waals surface area contributed by atoms with E-state index in [2.05, 4.69) is 16.8 Å². The molecule has 0 spiro atoms. The van der Waals surface area contributed by atoms with Gasteiger partial charge in [0.15, 0.2) is 0 Å². The Bertz CT molecular complexity index is 777. The molecule has 3 rings (SSSR count). The number of amides is 2. The quantitative estimate of drug-likeness (QED) is 0.892. The zero-order valence-electron chi connectivity index (χ0n) is 15.0. The normalized spacial score (nSPS) is 14.9. The first-order chi connectivity index (χ1) is 12.0. The van der Waals surface area contributed by atoms with Gasteiger partial charge in [0.25, 0.3) is 5.91 Å². The van der Waals surface area contributed by atoms with Gasteiger partial charge in [0.05, 0.1) is 0 Å². The van der Waals surface area contributed by atoms with E-state index >= 15 is 0 Å². The molecule has 1 aliphatic rings. The number of aryl methyl sites for hydroxylation is 1. The zero-order chi connectivity index (χ0) is 18.0. The second kappa shape index (κ2) is 7.44. The first-order valence-corrected chi connectivity index (χ1v) is 9.66. The molecule has 1 unspecified atom stereocenters. The van der Waals surface area contributed by atoms with Gasteiger partial charge in [-0.2, -0.15) is 0 Å². The number of hydrogen-bond donors (Lipinski definition) is 1. The highest BCUT2D eigenvalue weighted by Gasteiger charge is 2.29. The van der Waals surface area contributed by atoms with Crippen LogP contribution in [-0.2, 0) is 24.8 Å². The van der Waals surface area contributed by atoms with E-state index in [4.69, 9.17) is 0 Å². The van der Waals surface area contributed by atoms with Gasteiger partial charge in [-0.15, -0.1) is 11.3 Å². The van der Waals surface area contributed by atoms with E-state index in [-0.39, 0.29) is 11.8 Å². The third kappa shape index (κ3) is 3.63. The number of carbonyl (C=O) groups excluding carboxylic acids is 2. The molecule has 5 nitrogen and oxygen atoms in total. The van der Waals surface area contributed by atoms with Gasteiger partial charge >= 0.3 is 0 Å². The Balaban J connectivity index is 1.71. The molecule has 3 heterocycles. The zero-order valence-corrected chi connectivity index (χ0v) is 15.9. The van der Waals surface area contributed by atoms with Crippen LogP contribution in [-0.4, -0.2) is 33.9 Å². The Labute approximate surface area is 152 Å². The average molecular weight is 359 g/mol. The Kier molecular flexibility index (Phi) is 5.27. The van der Waals surface area contributed by atoms with Crippen molar-refractivity contribution in [1.29, 1.82) is 0 Å². The molecule has 0 aromatic carbocycles. The number of nitrogens with zero attached hydrogens (tertiary/aromatic N) is 2. The fourth-order valence-corrected chi connectivity index (χ4v) is 4.17. The van der Waals surface area contributed by atoms with Crippen molar-refractivity contribution >= 4 is 23.2 Å². The summed E-state index contributed by atoms with van der Waals surface area (Å²) in [6.07, 6.45) is 2.41. The summed E-state index contributed by atoms with van der Waals surface area (Å²) in [6, 6.07) is 5.35. The molecule has 0 radical (unpaired) electrons. The van der Waals surface area contributed by atoms with Crippen molar-refractivity contribution in [1.82, 2.24) is 14.8 Å². The molecule has 2 amide bonds. The summed E-state index contributed by atoms with van der Waals surface area (Å²) >= 11 is 1.76. The number of aromatic nitrogens is 1. The van der Waals surface area contributed by atoms with Gasteiger partial charge in [-0.25, -0.2) is 0 Å². The summed E-state index contributed by atoms with van der Waals surface area (Å²) in [5.74, 6) is -0.159. The number of fused-ring (bicyclic) bond motifs is 1. The average Bonchev–Trinajstić information content (AvgIpc) is 3.20. The van der Waals surface area contributed by atoms with Gasteiger partial charge in [-0.05, 0) is 48.9 Å². The minimum Gasteiger partial charge on any atom is -0.344 e. The van der Waals surface area contributed by atoms with Gasteiger partial charge in [0, 0.05) is 30.7 Å². The summed E-state index contributed by atoms with van der Waals surface area (Å²) in [5.41, 5.74) is 2.85. The van der Waals surface area contributed by atoms with Crippen molar-refractivity contribution in [2.75, 3.05) is 6.54 Å². The van der Waals surface area contributed by atoms with Crippen molar-refractivity contribution in [2.45, 2.75) is 45.7 Å². The standard InChI is InChI=1S/C19H25N3O2S/c1-4-5-15(20-18(23)16-7-6-13(2)21(16)3)19(24)22-10-8-17-14(12-22)9-11-25-17/h6-7,9,11,15H,4-5,8,10,12H2,1-3H3,(H,20,23). The predicted molar refractivity (Wildman–Crippen MR) is 99.8 cm³/mol. The molecule has 1 atom stereocenters. The number of hydrogen-bond acceptors (Lipinski definition) is 3. The maximum Gasteiger partial charge on any atom is 0.268 e. The number of nitrogens with one attached hydrogen (secondary N) is 1. The maximum absolute atomic E-state index is 13.0. The van der Waals surface area contributed by atoms with E-state index < -0.39 is 6.04 Å². The van der Waals surface area contributed by atoms with Crippen LogP contribution in [0.5, 0.6) is 0 Å². The molecule has 0 bridgehead atoms. The topological polar surface area (TPSA) is 54.3 Å². The second-order valence-electron chi connectivity index (χ2n) is 6.61. The van der Waals surface area contributed by atoms with Crippen LogP contribution < -0.4 is 5.32 Å². The van der Waals surface area contributed by atoms with Crippen molar-refractivity contribution in [3.8, 4) is 0 Å². The molecule has 2 aromatic rings. The Morgan fingerprint density at radius 3 is 2.80 bits per heavy atom. The number of rotatable bonds is 5. The SMILES string of the molecule is CCCC(NC(=O)c1ccc(C)n1C)C(=O)N1CCc2sccc2C1. The lowest BCUT2D eigenvalue weighted by molar-refractivity contribution is -0.134. The van der Waals surface area contributed by atoms with Crippen LogP contribution in [0, 0.1) is 6.92 Å². The summed E-state index contributed by atoms with van der Waals surface area (Å²) < 4.78 is 1.85. The molecule has 25 heavy (non-hydrogen) atoms. The summed E-state index contributed by atoms with van der Waals surface area (Å²) in [5, 5.41) is 5.04. The first-order valence-electron chi connectivity index (χ1n) is 8.78. The van der Waals surface area contributed by atoms with Crippen molar-refractivity contribution < 1.29 is 9.59 Å². The van der Waals surface area contributed by atoms with E-state index in [9.17, 15) is 9.59 Å². The summed E-state index contributed by atoms with van der Waals surface area (Å²) in [7, 11) is 1.86. The van der Waals surface area contributed by atoms with Crippen molar-refractivity contribution in [2.24, 2.45) is 7.05 Å². The van der Waals surface area contributed by atoms with Crippen LogP contribution in [0.1, 0.15) is 46.4 Å². The lowest BCUT2D eigenvalue weighted by atomic mass is 10.1.